The second-order valence-electron chi connectivity index (χ2n) is 3.44. The molecule has 0 unspecified atom stereocenters. The third-order valence-corrected chi connectivity index (χ3v) is 2.42. The predicted octanol–water partition coefficient (Wildman–Crippen LogP) is 0.919. The van der Waals surface area contributed by atoms with Crippen LogP contribution in [-0.2, 0) is 4.79 Å². The van der Waals surface area contributed by atoms with E-state index >= 15 is 0 Å². The second kappa shape index (κ2) is 4.13. The Morgan fingerprint density at radius 1 is 1.43 bits per heavy atom. The van der Waals surface area contributed by atoms with E-state index in [2.05, 4.69) is 5.32 Å². The molecule has 0 aliphatic heterocycles. The molecule has 78 valence electrons. The SMILES string of the molecule is C[C@@H]1C=CC[C@@H](NC(=O)O)[C@H]1C(=O)O. The Labute approximate surface area is 81.4 Å². The fourth-order valence-corrected chi connectivity index (χ4v) is 1.78. The van der Waals surface area contributed by atoms with E-state index in [4.69, 9.17) is 10.2 Å². The van der Waals surface area contributed by atoms with Crippen LogP contribution in [0.1, 0.15) is 13.3 Å². The first-order valence-electron chi connectivity index (χ1n) is 4.41. The van der Waals surface area contributed by atoms with E-state index in [-0.39, 0.29) is 5.92 Å². The summed E-state index contributed by atoms with van der Waals surface area (Å²) < 4.78 is 0. The smallest absolute Gasteiger partial charge is 0.404 e. The van der Waals surface area contributed by atoms with Crippen LogP contribution in [0.3, 0.4) is 0 Å². The van der Waals surface area contributed by atoms with E-state index in [0.717, 1.165) is 0 Å². The molecule has 5 heteroatoms. The van der Waals surface area contributed by atoms with Gasteiger partial charge in [0, 0.05) is 6.04 Å². The molecule has 0 saturated carbocycles. The summed E-state index contributed by atoms with van der Waals surface area (Å²) in [6, 6.07) is -0.523. The van der Waals surface area contributed by atoms with Crippen molar-refractivity contribution in [2.75, 3.05) is 0 Å². The average molecular weight is 199 g/mol. The van der Waals surface area contributed by atoms with Crippen molar-refractivity contribution in [2.45, 2.75) is 19.4 Å². The van der Waals surface area contributed by atoms with Crippen molar-refractivity contribution in [3.63, 3.8) is 0 Å². The van der Waals surface area contributed by atoms with Crippen molar-refractivity contribution >= 4 is 12.1 Å². The number of hydrogen-bond acceptors (Lipinski definition) is 2. The zero-order valence-electron chi connectivity index (χ0n) is 7.80. The monoisotopic (exact) mass is 199 g/mol. The maximum atomic E-state index is 10.9. The van der Waals surface area contributed by atoms with Gasteiger partial charge < -0.3 is 15.5 Å². The van der Waals surface area contributed by atoms with Gasteiger partial charge in [-0.2, -0.15) is 0 Å². The summed E-state index contributed by atoms with van der Waals surface area (Å²) in [6.07, 6.45) is 2.88. The summed E-state index contributed by atoms with van der Waals surface area (Å²) in [7, 11) is 0. The number of rotatable bonds is 2. The van der Waals surface area contributed by atoms with Crippen LogP contribution >= 0.6 is 0 Å². The number of carbonyl (C=O) groups is 2. The van der Waals surface area contributed by atoms with Gasteiger partial charge in [0.05, 0.1) is 5.92 Å². The highest BCUT2D eigenvalue weighted by molar-refractivity contribution is 5.73. The van der Waals surface area contributed by atoms with Crippen LogP contribution in [0.4, 0.5) is 4.79 Å². The fraction of sp³-hybridized carbons (Fsp3) is 0.556. The number of carboxylic acid groups (broad SMARTS) is 2. The minimum absolute atomic E-state index is 0.141. The third-order valence-electron chi connectivity index (χ3n) is 2.42. The molecule has 0 fully saturated rings. The summed E-state index contributed by atoms with van der Waals surface area (Å²) in [5.74, 6) is -1.77. The molecule has 0 aromatic carbocycles. The van der Waals surface area contributed by atoms with Crippen LogP contribution in [0.5, 0.6) is 0 Å². The number of hydrogen-bond donors (Lipinski definition) is 3. The summed E-state index contributed by atoms with van der Waals surface area (Å²) in [5.41, 5.74) is 0. The van der Waals surface area contributed by atoms with Gasteiger partial charge in [-0.3, -0.25) is 4.79 Å². The molecule has 0 saturated heterocycles. The molecular formula is C9H13NO4. The van der Waals surface area contributed by atoms with Crippen LogP contribution in [0.25, 0.3) is 0 Å². The predicted molar refractivity (Wildman–Crippen MR) is 49.0 cm³/mol. The first-order valence-corrected chi connectivity index (χ1v) is 4.41. The van der Waals surface area contributed by atoms with Crippen molar-refractivity contribution in [3.05, 3.63) is 12.2 Å². The normalized spacial score (nSPS) is 31.1. The Kier molecular flexibility index (Phi) is 3.11. The zero-order chi connectivity index (χ0) is 10.7. The number of allylic oxidation sites excluding steroid dienone is 1. The molecule has 1 aliphatic carbocycles. The number of nitrogens with one attached hydrogen (secondary N) is 1. The molecule has 0 aromatic rings. The zero-order valence-corrected chi connectivity index (χ0v) is 7.80. The van der Waals surface area contributed by atoms with E-state index in [9.17, 15) is 9.59 Å². The van der Waals surface area contributed by atoms with Crippen LogP contribution in [0.2, 0.25) is 0 Å². The molecule has 0 radical (unpaired) electrons. The van der Waals surface area contributed by atoms with Gasteiger partial charge in [-0.05, 0) is 12.3 Å². The summed E-state index contributed by atoms with van der Waals surface area (Å²) in [4.78, 5) is 21.3. The molecule has 14 heavy (non-hydrogen) atoms. The first-order chi connectivity index (χ1) is 6.52. The molecule has 1 amide bonds. The molecule has 0 aromatic heterocycles. The van der Waals surface area contributed by atoms with E-state index in [1.165, 1.54) is 0 Å². The molecule has 1 aliphatic rings. The van der Waals surface area contributed by atoms with Crippen LogP contribution in [0, 0.1) is 11.8 Å². The average Bonchev–Trinajstić information content (AvgIpc) is 2.01. The van der Waals surface area contributed by atoms with E-state index in [1.54, 1.807) is 13.0 Å². The Morgan fingerprint density at radius 3 is 2.57 bits per heavy atom. The van der Waals surface area contributed by atoms with Crippen LogP contribution in [-0.4, -0.2) is 28.3 Å². The topological polar surface area (TPSA) is 86.6 Å². The van der Waals surface area contributed by atoms with Gasteiger partial charge in [0.2, 0.25) is 0 Å². The molecular weight excluding hydrogens is 186 g/mol. The number of amides is 1. The lowest BCUT2D eigenvalue weighted by Gasteiger charge is -2.29. The van der Waals surface area contributed by atoms with E-state index < -0.39 is 24.0 Å². The first kappa shape index (κ1) is 10.6. The van der Waals surface area contributed by atoms with Gasteiger partial charge in [0.15, 0.2) is 0 Å². The maximum Gasteiger partial charge on any atom is 0.404 e. The summed E-state index contributed by atoms with van der Waals surface area (Å²) >= 11 is 0. The summed E-state index contributed by atoms with van der Waals surface area (Å²) in [6.45, 7) is 1.77. The third kappa shape index (κ3) is 2.25. The minimum atomic E-state index is -1.18. The highest BCUT2D eigenvalue weighted by atomic mass is 16.4. The highest BCUT2D eigenvalue weighted by Gasteiger charge is 2.34. The fourth-order valence-electron chi connectivity index (χ4n) is 1.78. The van der Waals surface area contributed by atoms with Crippen molar-refractivity contribution in [1.29, 1.82) is 0 Å². The minimum Gasteiger partial charge on any atom is -0.481 e. The van der Waals surface area contributed by atoms with Gasteiger partial charge in [-0.25, -0.2) is 4.79 Å². The van der Waals surface area contributed by atoms with Gasteiger partial charge >= 0.3 is 12.1 Å². The van der Waals surface area contributed by atoms with Gasteiger partial charge in [0.1, 0.15) is 0 Å². The Bertz CT molecular complexity index is 274. The second-order valence-corrected chi connectivity index (χ2v) is 3.44. The summed E-state index contributed by atoms with van der Waals surface area (Å²) in [5, 5.41) is 19.7. The van der Waals surface area contributed by atoms with Gasteiger partial charge in [0.25, 0.3) is 0 Å². The number of aliphatic carboxylic acids is 1. The molecule has 0 bridgehead atoms. The lowest BCUT2D eigenvalue weighted by Crippen LogP contribution is -2.46. The van der Waals surface area contributed by atoms with Crippen molar-refractivity contribution in [1.82, 2.24) is 5.32 Å². The van der Waals surface area contributed by atoms with Crippen LogP contribution in [0.15, 0.2) is 12.2 Å². The highest BCUT2D eigenvalue weighted by Crippen LogP contribution is 2.25. The molecule has 0 heterocycles. The van der Waals surface area contributed by atoms with Gasteiger partial charge in [-0.15, -0.1) is 0 Å². The Morgan fingerprint density at radius 2 is 2.07 bits per heavy atom. The van der Waals surface area contributed by atoms with Crippen molar-refractivity contribution in [3.8, 4) is 0 Å². The molecule has 5 nitrogen and oxygen atoms in total. The van der Waals surface area contributed by atoms with E-state index in [0.29, 0.717) is 6.42 Å². The molecule has 0 spiro atoms. The van der Waals surface area contributed by atoms with Crippen molar-refractivity contribution < 1.29 is 19.8 Å². The van der Waals surface area contributed by atoms with E-state index in [1.807, 2.05) is 6.08 Å². The van der Waals surface area contributed by atoms with Crippen LogP contribution < -0.4 is 5.32 Å². The lowest BCUT2D eigenvalue weighted by molar-refractivity contribution is -0.144. The maximum absolute atomic E-state index is 10.9. The van der Waals surface area contributed by atoms with Gasteiger partial charge in [-0.1, -0.05) is 19.1 Å². The number of carboxylic acids is 1. The lowest BCUT2D eigenvalue weighted by atomic mass is 9.81. The quantitative estimate of drug-likeness (QED) is 0.577. The largest absolute Gasteiger partial charge is 0.481 e. The molecule has 3 N–H and O–H groups in total. The molecule has 3 atom stereocenters. The standard InChI is InChI=1S/C9H13NO4/c1-5-3-2-4-6(10-9(13)14)7(5)8(11)12/h2-3,5-7,10H,4H2,1H3,(H,11,12)(H,13,14)/t5-,6-,7+/m1/s1. The van der Waals surface area contributed by atoms with Crippen molar-refractivity contribution in [2.24, 2.45) is 11.8 Å². The molecule has 1 rings (SSSR count). The Balaban J connectivity index is 2.77. The Hall–Kier alpha value is -1.52.